The summed E-state index contributed by atoms with van der Waals surface area (Å²) in [6.07, 6.45) is 1.52. The average molecular weight is 371 g/mol. The summed E-state index contributed by atoms with van der Waals surface area (Å²) >= 11 is 1.48. The molecule has 10 heteroatoms. The molecule has 3 aromatic rings. The first-order chi connectivity index (χ1) is 12.6. The van der Waals surface area contributed by atoms with Crippen LogP contribution in [0, 0.1) is 17.0 Å². The van der Waals surface area contributed by atoms with E-state index in [9.17, 15) is 14.9 Å². The normalized spacial score (nSPS) is 13.5. The predicted octanol–water partition coefficient (Wildman–Crippen LogP) is 2.64. The van der Waals surface area contributed by atoms with E-state index in [0.717, 1.165) is 0 Å². The minimum atomic E-state index is -0.489. The lowest BCUT2D eigenvalue weighted by molar-refractivity contribution is -0.385. The molecule has 0 fully saturated rings. The minimum absolute atomic E-state index is 0.0857. The first kappa shape index (κ1) is 16.3. The number of fused-ring (bicyclic) bond motifs is 1. The molecular weight excluding hydrogens is 358 g/mol. The average Bonchev–Trinajstić information content (AvgIpc) is 3.30. The van der Waals surface area contributed by atoms with Crippen molar-refractivity contribution in [2.24, 2.45) is 0 Å². The van der Waals surface area contributed by atoms with Gasteiger partial charge in [0.15, 0.2) is 5.76 Å². The van der Waals surface area contributed by atoms with Gasteiger partial charge in [0.2, 0.25) is 11.0 Å². The summed E-state index contributed by atoms with van der Waals surface area (Å²) in [6, 6.07) is 7.92. The third-order valence-electron chi connectivity index (χ3n) is 4.02. The molecule has 9 nitrogen and oxygen atoms in total. The lowest BCUT2D eigenvalue weighted by Crippen LogP contribution is -2.45. The lowest BCUT2D eigenvalue weighted by atomic mass is 10.1. The Kier molecular flexibility index (Phi) is 3.96. The summed E-state index contributed by atoms with van der Waals surface area (Å²) in [6.45, 7) is 2.06. The van der Waals surface area contributed by atoms with Crippen LogP contribution in [0.4, 0.5) is 5.69 Å². The van der Waals surface area contributed by atoms with Gasteiger partial charge in [0.1, 0.15) is 0 Å². The number of furan rings is 1. The summed E-state index contributed by atoms with van der Waals surface area (Å²) in [5.74, 6) is 1.18. The van der Waals surface area contributed by atoms with Crippen molar-refractivity contribution in [2.75, 3.05) is 17.3 Å². The number of aryl methyl sites for hydroxylation is 1. The molecule has 132 valence electrons. The SMILES string of the molecule is Cc1ccc(C(=O)N2CCSc3nnc(-c4ccco4)n32)cc1[N+](=O)[O-]. The van der Waals surface area contributed by atoms with E-state index in [0.29, 0.717) is 34.6 Å². The van der Waals surface area contributed by atoms with Crippen molar-refractivity contribution in [1.82, 2.24) is 14.9 Å². The van der Waals surface area contributed by atoms with Gasteiger partial charge in [0, 0.05) is 22.9 Å². The van der Waals surface area contributed by atoms with Crippen LogP contribution in [-0.2, 0) is 0 Å². The van der Waals surface area contributed by atoms with E-state index < -0.39 is 4.92 Å². The van der Waals surface area contributed by atoms with Crippen molar-refractivity contribution in [2.45, 2.75) is 12.1 Å². The number of benzene rings is 1. The second-order valence-corrected chi connectivity index (χ2v) is 6.69. The van der Waals surface area contributed by atoms with Crippen molar-refractivity contribution < 1.29 is 14.1 Å². The zero-order valence-corrected chi connectivity index (χ0v) is 14.5. The fourth-order valence-electron chi connectivity index (χ4n) is 2.74. The molecule has 2 aromatic heterocycles. The molecule has 0 aliphatic carbocycles. The van der Waals surface area contributed by atoms with Gasteiger partial charge in [0.25, 0.3) is 11.6 Å². The molecule has 1 aliphatic heterocycles. The smallest absolute Gasteiger partial charge is 0.273 e. The molecular formula is C16H13N5O4S. The monoisotopic (exact) mass is 371 g/mol. The summed E-state index contributed by atoms with van der Waals surface area (Å²) < 4.78 is 6.98. The van der Waals surface area contributed by atoms with Crippen LogP contribution in [0.1, 0.15) is 15.9 Å². The first-order valence-corrected chi connectivity index (χ1v) is 8.74. The number of amides is 1. The van der Waals surface area contributed by atoms with Crippen LogP contribution in [0.5, 0.6) is 0 Å². The summed E-state index contributed by atoms with van der Waals surface area (Å²) in [4.78, 5) is 23.7. The van der Waals surface area contributed by atoms with Crippen LogP contribution in [-0.4, -0.2) is 38.0 Å². The minimum Gasteiger partial charge on any atom is -0.461 e. The van der Waals surface area contributed by atoms with Crippen molar-refractivity contribution in [3.63, 3.8) is 0 Å². The molecule has 0 atom stereocenters. The van der Waals surface area contributed by atoms with Crippen molar-refractivity contribution in [3.05, 3.63) is 57.8 Å². The molecule has 0 spiro atoms. The highest BCUT2D eigenvalue weighted by atomic mass is 32.2. The number of nitrogens with zero attached hydrogens (tertiary/aromatic N) is 5. The molecule has 0 saturated carbocycles. The number of aromatic nitrogens is 3. The summed E-state index contributed by atoms with van der Waals surface area (Å²) in [5, 5.41) is 21.5. The Morgan fingerprint density at radius 2 is 2.19 bits per heavy atom. The zero-order valence-electron chi connectivity index (χ0n) is 13.7. The van der Waals surface area contributed by atoms with Crippen LogP contribution in [0.2, 0.25) is 0 Å². The first-order valence-electron chi connectivity index (χ1n) is 7.75. The van der Waals surface area contributed by atoms with Crippen LogP contribution in [0.15, 0.2) is 46.2 Å². The van der Waals surface area contributed by atoms with E-state index in [4.69, 9.17) is 4.42 Å². The van der Waals surface area contributed by atoms with Gasteiger partial charge in [-0.15, -0.1) is 10.2 Å². The Bertz CT molecular complexity index is 998. The topological polar surface area (TPSA) is 107 Å². The number of thioether (sulfide) groups is 1. The molecule has 1 amide bonds. The van der Waals surface area contributed by atoms with Gasteiger partial charge in [-0.05, 0) is 25.1 Å². The van der Waals surface area contributed by atoms with Crippen LogP contribution in [0.3, 0.4) is 0 Å². The molecule has 1 aromatic carbocycles. The maximum atomic E-state index is 13.1. The Hall–Kier alpha value is -3.14. The molecule has 3 heterocycles. The quantitative estimate of drug-likeness (QED) is 0.514. The number of carbonyl (C=O) groups excluding carboxylic acids is 1. The predicted molar refractivity (Wildman–Crippen MR) is 93.7 cm³/mol. The maximum absolute atomic E-state index is 13.1. The molecule has 0 saturated heterocycles. The van der Waals surface area contributed by atoms with Gasteiger partial charge in [0.05, 0.1) is 17.7 Å². The van der Waals surface area contributed by atoms with Crippen molar-refractivity contribution >= 4 is 23.4 Å². The largest absolute Gasteiger partial charge is 0.461 e. The standard InChI is InChI=1S/C16H13N5O4S/c1-10-4-5-11(9-12(10)21(23)24)15(22)19-6-8-26-16-18-17-14(20(16)19)13-3-2-7-25-13/h2-5,7,9H,6,8H2,1H3. The van der Waals surface area contributed by atoms with E-state index in [1.165, 1.54) is 29.1 Å². The third-order valence-corrected chi connectivity index (χ3v) is 4.92. The molecule has 1 aliphatic rings. The highest BCUT2D eigenvalue weighted by molar-refractivity contribution is 7.99. The highest BCUT2D eigenvalue weighted by Gasteiger charge is 2.30. The summed E-state index contributed by atoms with van der Waals surface area (Å²) in [7, 11) is 0. The second-order valence-electron chi connectivity index (χ2n) is 5.63. The van der Waals surface area contributed by atoms with Crippen LogP contribution < -0.4 is 5.01 Å². The van der Waals surface area contributed by atoms with Gasteiger partial charge in [-0.25, -0.2) is 9.69 Å². The van der Waals surface area contributed by atoms with Gasteiger partial charge in [-0.2, -0.15) is 0 Å². The van der Waals surface area contributed by atoms with Gasteiger partial charge in [-0.3, -0.25) is 14.9 Å². The molecule has 26 heavy (non-hydrogen) atoms. The van der Waals surface area contributed by atoms with E-state index in [1.54, 1.807) is 35.9 Å². The van der Waals surface area contributed by atoms with Crippen LogP contribution in [0.25, 0.3) is 11.6 Å². The molecule has 0 radical (unpaired) electrons. The van der Waals surface area contributed by atoms with Crippen LogP contribution >= 0.6 is 11.8 Å². The molecule has 0 unspecified atom stereocenters. The fraction of sp³-hybridized carbons (Fsp3) is 0.188. The molecule has 0 N–H and O–H groups in total. The Balaban J connectivity index is 1.77. The Morgan fingerprint density at radius 3 is 2.92 bits per heavy atom. The van der Waals surface area contributed by atoms with E-state index >= 15 is 0 Å². The summed E-state index contributed by atoms with van der Waals surface area (Å²) in [5.41, 5.74) is 0.652. The van der Waals surface area contributed by atoms with E-state index in [2.05, 4.69) is 10.2 Å². The van der Waals surface area contributed by atoms with Gasteiger partial charge < -0.3 is 4.42 Å². The van der Waals surface area contributed by atoms with Crippen molar-refractivity contribution in [3.8, 4) is 11.6 Å². The number of hydrogen-bond donors (Lipinski definition) is 0. The third kappa shape index (κ3) is 2.64. The number of rotatable bonds is 3. The van der Waals surface area contributed by atoms with E-state index in [1.807, 2.05) is 0 Å². The Morgan fingerprint density at radius 1 is 1.35 bits per heavy atom. The highest BCUT2D eigenvalue weighted by Crippen LogP contribution is 2.29. The fourth-order valence-corrected chi connectivity index (χ4v) is 3.59. The number of hydrogen-bond acceptors (Lipinski definition) is 7. The molecule has 4 rings (SSSR count). The molecule has 0 bridgehead atoms. The second kappa shape index (κ2) is 6.30. The zero-order chi connectivity index (χ0) is 18.3. The van der Waals surface area contributed by atoms with Gasteiger partial charge >= 0.3 is 0 Å². The maximum Gasteiger partial charge on any atom is 0.273 e. The number of nitro benzene ring substituents is 1. The number of carbonyl (C=O) groups is 1. The van der Waals surface area contributed by atoms with Crippen molar-refractivity contribution in [1.29, 1.82) is 0 Å². The Labute approximate surface area is 151 Å². The number of nitro groups is 1. The lowest BCUT2D eigenvalue weighted by Gasteiger charge is -2.28. The van der Waals surface area contributed by atoms with Gasteiger partial charge in [-0.1, -0.05) is 17.8 Å². The van der Waals surface area contributed by atoms with E-state index in [-0.39, 0.29) is 17.2 Å².